The molecule has 0 spiro atoms. The number of benzene rings is 1. The van der Waals surface area contributed by atoms with Crippen molar-refractivity contribution < 1.29 is 14.3 Å². The number of nitrogens with one attached hydrogen (secondary N) is 3. The first kappa shape index (κ1) is 19.0. The van der Waals surface area contributed by atoms with E-state index >= 15 is 0 Å². The standard InChI is InChI=1S/C17H27N3O3/c1-12(19-16(22)23-17(3,4)5)10-18-11-14-8-6-7-9-15(14)20-13(2)21/h6-9,12,18H,10-11H2,1-5H3,(H,19,22)(H,20,21). The summed E-state index contributed by atoms with van der Waals surface area (Å²) in [6.07, 6.45) is -0.426. The number of carbonyl (C=O) groups is 2. The van der Waals surface area contributed by atoms with Gasteiger partial charge in [-0.05, 0) is 39.3 Å². The topological polar surface area (TPSA) is 79.5 Å². The summed E-state index contributed by atoms with van der Waals surface area (Å²) in [6.45, 7) is 10.1. The Morgan fingerprint density at radius 2 is 1.87 bits per heavy atom. The van der Waals surface area contributed by atoms with Crippen LogP contribution in [0.4, 0.5) is 10.5 Å². The van der Waals surface area contributed by atoms with E-state index in [0.717, 1.165) is 11.3 Å². The van der Waals surface area contributed by atoms with Gasteiger partial charge in [0, 0.05) is 31.7 Å². The molecule has 0 saturated heterocycles. The van der Waals surface area contributed by atoms with Gasteiger partial charge in [0.15, 0.2) is 0 Å². The molecule has 0 fully saturated rings. The van der Waals surface area contributed by atoms with Crippen molar-refractivity contribution in [1.29, 1.82) is 0 Å². The molecule has 1 rings (SSSR count). The molecule has 1 aromatic rings. The van der Waals surface area contributed by atoms with Crippen molar-refractivity contribution in [3.8, 4) is 0 Å². The predicted molar refractivity (Wildman–Crippen MR) is 91.3 cm³/mol. The number of hydrogen-bond donors (Lipinski definition) is 3. The van der Waals surface area contributed by atoms with Crippen LogP contribution in [0, 0.1) is 0 Å². The average molecular weight is 321 g/mol. The summed E-state index contributed by atoms with van der Waals surface area (Å²) in [5.41, 5.74) is 1.28. The first-order chi connectivity index (χ1) is 10.7. The largest absolute Gasteiger partial charge is 0.444 e. The second-order valence-electron chi connectivity index (χ2n) is 6.52. The number of hydrogen-bond acceptors (Lipinski definition) is 4. The fourth-order valence-electron chi connectivity index (χ4n) is 1.97. The van der Waals surface area contributed by atoms with E-state index in [-0.39, 0.29) is 11.9 Å². The van der Waals surface area contributed by atoms with Crippen molar-refractivity contribution in [1.82, 2.24) is 10.6 Å². The molecule has 0 aliphatic carbocycles. The Bertz CT molecular complexity index is 538. The summed E-state index contributed by atoms with van der Waals surface area (Å²) in [5, 5.41) is 8.84. The normalized spacial score (nSPS) is 12.4. The number of alkyl carbamates (subject to hydrolysis) is 1. The van der Waals surface area contributed by atoms with Crippen molar-refractivity contribution in [3.63, 3.8) is 0 Å². The lowest BCUT2D eigenvalue weighted by Gasteiger charge is -2.22. The molecule has 2 amide bonds. The van der Waals surface area contributed by atoms with Crippen LogP contribution < -0.4 is 16.0 Å². The summed E-state index contributed by atoms with van der Waals surface area (Å²) < 4.78 is 5.21. The molecule has 0 radical (unpaired) electrons. The van der Waals surface area contributed by atoms with Gasteiger partial charge in [-0.2, -0.15) is 0 Å². The quantitative estimate of drug-likeness (QED) is 0.752. The Morgan fingerprint density at radius 1 is 1.22 bits per heavy atom. The van der Waals surface area contributed by atoms with Crippen molar-refractivity contribution in [2.45, 2.75) is 52.8 Å². The van der Waals surface area contributed by atoms with Gasteiger partial charge in [-0.15, -0.1) is 0 Å². The van der Waals surface area contributed by atoms with Crippen LogP contribution in [0.3, 0.4) is 0 Å². The highest BCUT2D eigenvalue weighted by atomic mass is 16.6. The molecule has 1 aromatic carbocycles. The summed E-state index contributed by atoms with van der Waals surface area (Å²) in [4.78, 5) is 22.9. The van der Waals surface area contributed by atoms with E-state index in [1.165, 1.54) is 6.92 Å². The Kier molecular flexibility index (Phi) is 7.03. The number of para-hydroxylation sites is 1. The zero-order chi connectivity index (χ0) is 17.5. The van der Waals surface area contributed by atoms with Gasteiger partial charge in [-0.1, -0.05) is 18.2 Å². The van der Waals surface area contributed by atoms with Crippen LogP contribution in [0.25, 0.3) is 0 Å². The summed E-state index contributed by atoms with van der Waals surface area (Å²) in [7, 11) is 0. The highest BCUT2D eigenvalue weighted by Gasteiger charge is 2.17. The van der Waals surface area contributed by atoms with E-state index in [2.05, 4.69) is 16.0 Å². The van der Waals surface area contributed by atoms with Crippen LogP contribution in [-0.4, -0.2) is 30.2 Å². The highest BCUT2D eigenvalue weighted by Crippen LogP contribution is 2.14. The van der Waals surface area contributed by atoms with Gasteiger partial charge in [0.2, 0.25) is 5.91 Å². The van der Waals surface area contributed by atoms with Gasteiger partial charge in [-0.25, -0.2) is 4.79 Å². The molecule has 23 heavy (non-hydrogen) atoms. The third-order valence-corrected chi connectivity index (χ3v) is 2.86. The van der Waals surface area contributed by atoms with E-state index in [1.807, 2.05) is 52.0 Å². The molecule has 3 N–H and O–H groups in total. The minimum Gasteiger partial charge on any atom is -0.444 e. The Morgan fingerprint density at radius 3 is 2.48 bits per heavy atom. The zero-order valence-electron chi connectivity index (χ0n) is 14.5. The van der Waals surface area contributed by atoms with Crippen LogP contribution in [-0.2, 0) is 16.1 Å². The second-order valence-corrected chi connectivity index (χ2v) is 6.52. The smallest absolute Gasteiger partial charge is 0.407 e. The minimum absolute atomic E-state index is 0.0715. The van der Waals surface area contributed by atoms with E-state index in [4.69, 9.17) is 4.74 Å². The minimum atomic E-state index is -0.505. The fourth-order valence-corrected chi connectivity index (χ4v) is 1.97. The molecule has 6 nitrogen and oxygen atoms in total. The molecule has 0 aromatic heterocycles. The Labute approximate surface area is 138 Å². The van der Waals surface area contributed by atoms with Gasteiger partial charge in [0.05, 0.1) is 0 Å². The maximum atomic E-state index is 11.7. The summed E-state index contributed by atoms with van der Waals surface area (Å²) in [6, 6.07) is 7.54. The lowest BCUT2D eigenvalue weighted by molar-refractivity contribution is -0.114. The van der Waals surface area contributed by atoms with E-state index in [1.54, 1.807) is 0 Å². The van der Waals surface area contributed by atoms with E-state index < -0.39 is 11.7 Å². The molecule has 0 heterocycles. The maximum absolute atomic E-state index is 11.7. The lowest BCUT2D eigenvalue weighted by Crippen LogP contribution is -2.42. The summed E-state index contributed by atoms with van der Waals surface area (Å²) in [5.74, 6) is -0.0996. The molecule has 0 saturated carbocycles. The predicted octanol–water partition coefficient (Wildman–Crippen LogP) is 2.65. The Hall–Kier alpha value is -2.08. The second kappa shape index (κ2) is 8.53. The molecule has 1 unspecified atom stereocenters. The number of carbonyl (C=O) groups excluding carboxylic acids is 2. The van der Waals surface area contributed by atoms with Crippen molar-refractivity contribution in [2.75, 3.05) is 11.9 Å². The first-order valence-electron chi connectivity index (χ1n) is 7.73. The van der Waals surface area contributed by atoms with Crippen molar-refractivity contribution in [3.05, 3.63) is 29.8 Å². The SMILES string of the molecule is CC(=O)Nc1ccccc1CNCC(C)NC(=O)OC(C)(C)C. The zero-order valence-corrected chi connectivity index (χ0v) is 14.5. The van der Waals surface area contributed by atoms with Crippen LogP contribution in [0.15, 0.2) is 24.3 Å². The molecule has 1 atom stereocenters. The average Bonchev–Trinajstić information content (AvgIpc) is 2.37. The third kappa shape index (κ3) is 8.21. The molecule has 0 bridgehead atoms. The fraction of sp³-hybridized carbons (Fsp3) is 0.529. The molecule has 6 heteroatoms. The molecule has 0 aliphatic heterocycles. The summed E-state index contributed by atoms with van der Waals surface area (Å²) >= 11 is 0. The number of amides is 2. The van der Waals surface area contributed by atoms with Crippen molar-refractivity contribution in [2.24, 2.45) is 0 Å². The first-order valence-corrected chi connectivity index (χ1v) is 7.73. The molecule has 128 valence electrons. The van der Waals surface area contributed by atoms with E-state index in [9.17, 15) is 9.59 Å². The monoisotopic (exact) mass is 321 g/mol. The van der Waals surface area contributed by atoms with Crippen LogP contribution in [0.5, 0.6) is 0 Å². The maximum Gasteiger partial charge on any atom is 0.407 e. The molecular formula is C17H27N3O3. The number of anilines is 1. The Balaban J connectivity index is 2.42. The van der Waals surface area contributed by atoms with Gasteiger partial charge < -0.3 is 20.7 Å². The van der Waals surface area contributed by atoms with Crippen LogP contribution >= 0.6 is 0 Å². The van der Waals surface area contributed by atoms with Crippen LogP contribution in [0.2, 0.25) is 0 Å². The lowest BCUT2D eigenvalue weighted by atomic mass is 10.1. The van der Waals surface area contributed by atoms with Gasteiger partial charge >= 0.3 is 6.09 Å². The van der Waals surface area contributed by atoms with Gasteiger partial charge in [-0.3, -0.25) is 4.79 Å². The number of rotatable bonds is 6. The van der Waals surface area contributed by atoms with Crippen molar-refractivity contribution >= 4 is 17.7 Å². The van der Waals surface area contributed by atoms with Crippen LogP contribution in [0.1, 0.15) is 40.2 Å². The van der Waals surface area contributed by atoms with Gasteiger partial charge in [0.25, 0.3) is 0 Å². The highest BCUT2D eigenvalue weighted by molar-refractivity contribution is 5.89. The van der Waals surface area contributed by atoms with Gasteiger partial charge in [0.1, 0.15) is 5.60 Å². The molecular weight excluding hydrogens is 294 g/mol. The third-order valence-electron chi connectivity index (χ3n) is 2.86. The van der Waals surface area contributed by atoms with E-state index in [0.29, 0.717) is 13.1 Å². The molecule has 0 aliphatic rings. The number of ether oxygens (including phenoxy) is 1.